The highest BCUT2D eigenvalue weighted by atomic mass is 32.3. The molecule has 20 unspecified atom stereocenters. The van der Waals surface area contributed by atoms with E-state index in [4.69, 9.17) is 60.5 Å². The van der Waals surface area contributed by atoms with Gasteiger partial charge in [0.2, 0.25) is 24.4 Å². The molecule has 0 aromatic rings. The number of methoxy groups -OCH3 is 2. The molecule has 460 valence electrons. The van der Waals surface area contributed by atoms with Gasteiger partial charge in [-0.1, -0.05) is 27.0 Å². The van der Waals surface area contributed by atoms with Crippen LogP contribution in [-0.4, -0.2) is 239 Å². The first-order valence-corrected chi connectivity index (χ1v) is 26.7. The Morgan fingerprint density at radius 1 is 0.613 bits per heavy atom. The maximum atomic E-state index is 12.9. The summed E-state index contributed by atoms with van der Waals surface area (Å²) in [5.74, 6) is -7.65. The van der Waals surface area contributed by atoms with Crippen molar-refractivity contribution in [1.29, 1.82) is 0 Å². The van der Waals surface area contributed by atoms with E-state index in [1.807, 2.05) is 0 Å². The molecule has 2 amide bonds. The van der Waals surface area contributed by atoms with E-state index in [0.717, 1.165) is 0 Å². The predicted octanol–water partition coefficient (Wildman–Crippen LogP) is -6.29. The van der Waals surface area contributed by atoms with Crippen LogP contribution >= 0.6 is 0 Å². The Hall–Kier alpha value is -4.52. The largest absolute Gasteiger partial charge is 0.547 e. The molecule has 0 radical (unpaired) electrons. The van der Waals surface area contributed by atoms with Crippen molar-refractivity contribution in [2.45, 2.75) is 165 Å². The molecule has 4 fully saturated rings. The number of aliphatic carboxylic acids is 1. The molecular weight excluding hydrogens is 1130 g/mol. The number of carboxylic acid groups (broad SMARTS) is 1. The average molecular weight is 1200 g/mol. The van der Waals surface area contributed by atoms with Crippen molar-refractivity contribution in [3.63, 3.8) is 0 Å². The lowest BCUT2D eigenvalue weighted by Gasteiger charge is -2.45. The normalized spacial score (nSPS) is 33.5. The molecule has 4 aliphatic heterocycles. The van der Waals surface area contributed by atoms with E-state index in [1.165, 1.54) is 55.8 Å². The summed E-state index contributed by atoms with van der Waals surface area (Å²) in [6, 6.07) is -1.88. The minimum atomic E-state index is -5.10. The quantitative estimate of drug-likeness (QED) is 0.0178. The fraction of sp³-hybridized carbons (Fsp3) is 0.773. The Labute approximate surface area is 458 Å². The van der Waals surface area contributed by atoms with Crippen molar-refractivity contribution in [2.75, 3.05) is 40.6 Å². The molecule has 0 bridgehead atoms. The standard InChI is InChI=1S/2C22H35NO16S/c1-9(2)19(30)34-8-12(7-24)38-40(31,32)39-21-14(6-13(23-11(4)25)20(33-5)37-21)35-22-16(27)15(26)10(3)17(36-22)18(28)29;1-9(2)18(28)34-8-12(7-24)35-19(29)17-10(3)15(26)16(27)22(37-17)36-14-6-13(23-11(4)25)20(33-5)38-21(14)39-40(30,31)32/h10,12-17,20-22,24,26-27H,1,6-8H2,2-5H3,(H,23,25)(H,28,29);10,12-17,20-22,24,26-27H,1,6-8H2,2-5H3,(H,23,25)(H,30,31,32)/p-1. The van der Waals surface area contributed by atoms with Crippen molar-refractivity contribution in [3.05, 3.63) is 24.3 Å². The second-order valence-corrected chi connectivity index (χ2v) is 20.7. The Morgan fingerprint density at radius 3 is 1.39 bits per heavy atom. The zero-order chi connectivity index (χ0) is 60.7. The lowest BCUT2D eigenvalue weighted by Crippen LogP contribution is -2.62. The number of nitrogens with one attached hydrogen (secondary N) is 2. The molecule has 4 aliphatic rings. The van der Waals surface area contributed by atoms with E-state index in [1.54, 1.807) is 0 Å². The molecule has 34 nitrogen and oxygen atoms in total. The van der Waals surface area contributed by atoms with E-state index in [9.17, 15) is 85.9 Å². The first-order chi connectivity index (χ1) is 37.2. The van der Waals surface area contributed by atoms with E-state index in [2.05, 4.69) is 28.0 Å². The lowest BCUT2D eigenvalue weighted by atomic mass is 9.90. The summed E-state index contributed by atoms with van der Waals surface area (Å²) >= 11 is 0. The third kappa shape index (κ3) is 20.7. The zero-order valence-electron chi connectivity index (χ0n) is 44.4. The molecule has 4 rings (SSSR count). The van der Waals surface area contributed by atoms with Crippen LogP contribution in [0, 0.1) is 11.8 Å². The van der Waals surface area contributed by atoms with Gasteiger partial charge < -0.3 is 103 Å². The second kappa shape index (κ2) is 31.2. The summed E-state index contributed by atoms with van der Waals surface area (Å²) < 4.78 is 130. The van der Waals surface area contributed by atoms with Crippen LogP contribution in [0.25, 0.3) is 0 Å². The summed E-state index contributed by atoms with van der Waals surface area (Å²) in [7, 11) is -7.75. The van der Waals surface area contributed by atoms with Gasteiger partial charge in [-0.3, -0.25) is 14.1 Å². The molecule has 0 aromatic heterocycles. The van der Waals surface area contributed by atoms with Gasteiger partial charge in [0.1, 0.15) is 49.8 Å². The van der Waals surface area contributed by atoms with Crippen LogP contribution in [0.3, 0.4) is 0 Å². The van der Waals surface area contributed by atoms with Crippen LogP contribution < -0.4 is 15.7 Å². The minimum Gasteiger partial charge on any atom is -0.547 e. The van der Waals surface area contributed by atoms with Crippen molar-refractivity contribution in [2.24, 2.45) is 11.8 Å². The molecule has 0 aliphatic carbocycles. The summed E-state index contributed by atoms with van der Waals surface area (Å²) in [4.78, 5) is 70.8. The van der Waals surface area contributed by atoms with Gasteiger partial charge in [-0.2, -0.15) is 16.8 Å². The number of ether oxygens (including phenoxy) is 11. The first kappa shape index (κ1) is 69.7. The first-order valence-electron chi connectivity index (χ1n) is 24.0. The molecule has 9 N–H and O–H groups in total. The van der Waals surface area contributed by atoms with Crippen molar-refractivity contribution >= 4 is 56.5 Å². The smallest absolute Gasteiger partial charge is 0.402 e. The van der Waals surface area contributed by atoms with Gasteiger partial charge in [0, 0.05) is 63.9 Å². The van der Waals surface area contributed by atoms with Crippen LogP contribution in [0.15, 0.2) is 24.3 Å². The van der Waals surface area contributed by atoms with Crippen LogP contribution in [-0.2, 0) is 114 Å². The van der Waals surface area contributed by atoms with Crippen molar-refractivity contribution in [3.8, 4) is 0 Å². The van der Waals surface area contributed by atoms with Gasteiger partial charge >= 0.3 is 38.7 Å². The summed E-state index contributed by atoms with van der Waals surface area (Å²) in [5, 5.41) is 77.4. The van der Waals surface area contributed by atoms with E-state index in [0.29, 0.717) is 0 Å². The topological polar surface area (TPSA) is 489 Å². The number of hydrogen-bond donors (Lipinski definition) is 9. The number of rotatable bonds is 25. The second-order valence-electron chi connectivity index (χ2n) is 18.4. The number of carbonyl (C=O) groups is 6. The molecular formula is C44H69N2O32S2-. The van der Waals surface area contributed by atoms with Gasteiger partial charge in [-0.15, -0.1) is 0 Å². The SMILES string of the molecule is C=C(C)C(=O)OCC(CO)OC(=O)C1OC(OC2CC(NC(C)=O)C(OC)OC2OS(=O)(=O)O)C(O)C(O)C1C.C=C(C)C(=O)OCC(CO)OS(=O)(=O)OC1OC(OC)C(NC(C)=O)CC1OC1OC(C(=O)[O-])C(C)C(O)C1O. The average Bonchev–Trinajstić information content (AvgIpc) is 3.36. The minimum absolute atomic E-state index is 0.0123. The number of aliphatic hydroxyl groups is 6. The number of carboxylic acids is 1. The van der Waals surface area contributed by atoms with Gasteiger partial charge in [0.15, 0.2) is 37.4 Å². The third-order valence-electron chi connectivity index (χ3n) is 11.8. The number of hydrogen-bond acceptors (Lipinski definition) is 31. The van der Waals surface area contributed by atoms with Gasteiger partial charge in [0.25, 0.3) is 0 Å². The summed E-state index contributed by atoms with van der Waals surface area (Å²) in [6.07, 6.45) is -26.5. The summed E-state index contributed by atoms with van der Waals surface area (Å²) in [6.45, 7) is 11.7. The van der Waals surface area contributed by atoms with E-state index < -0.39 is 206 Å². The number of carbonyl (C=O) groups excluding carboxylic acids is 6. The van der Waals surface area contributed by atoms with Crippen molar-refractivity contribution < 1.29 is 151 Å². The van der Waals surface area contributed by atoms with E-state index >= 15 is 0 Å². The fourth-order valence-corrected chi connectivity index (χ4v) is 9.09. The van der Waals surface area contributed by atoms with Gasteiger partial charge in [0.05, 0.1) is 43.5 Å². The number of aliphatic hydroxyl groups excluding tert-OH is 6. The lowest BCUT2D eigenvalue weighted by molar-refractivity contribution is -0.362. The van der Waals surface area contributed by atoms with Crippen molar-refractivity contribution in [1.82, 2.24) is 10.6 Å². The highest BCUT2D eigenvalue weighted by Crippen LogP contribution is 2.34. The van der Waals surface area contributed by atoms with E-state index in [-0.39, 0.29) is 24.0 Å². The molecule has 0 spiro atoms. The Bertz CT molecular complexity index is 2360. The molecule has 4 heterocycles. The molecule has 0 aromatic carbocycles. The molecule has 0 saturated carbocycles. The molecule has 80 heavy (non-hydrogen) atoms. The zero-order valence-corrected chi connectivity index (χ0v) is 46.0. The third-order valence-corrected chi connectivity index (χ3v) is 13.2. The molecule has 36 heteroatoms. The summed E-state index contributed by atoms with van der Waals surface area (Å²) in [5.41, 5.74) is 0.0863. The fourth-order valence-electron chi connectivity index (χ4n) is 7.78. The Kier molecular flexibility index (Phi) is 27.2. The number of esters is 3. The maximum absolute atomic E-state index is 12.9. The van der Waals surface area contributed by atoms with Crippen LogP contribution in [0.2, 0.25) is 0 Å². The van der Waals surface area contributed by atoms with Crippen LogP contribution in [0.5, 0.6) is 0 Å². The highest BCUT2D eigenvalue weighted by molar-refractivity contribution is 7.82. The number of amides is 2. The Morgan fingerprint density at radius 2 is 1.01 bits per heavy atom. The van der Waals surface area contributed by atoms with Gasteiger partial charge in [-0.05, 0) is 13.8 Å². The maximum Gasteiger partial charge on any atom is 0.402 e. The molecule has 20 atom stereocenters. The Balaban J connectivity index is 0.000000420. The van der Waals surface area contributed by atoms with Crippen LogP contribution in [0.1, 0.15) is 54.4 Å². The molecule has 4 saturated heterocycles. The monoisotopic (exact) mass is 1200 g/mol. The highest BCUT2D eigenvalue weighted by Gasteiger charge is 2.52. The predicted molar refractivity (Wildman–Crippen MR) is 253 cm³/mol. The van der Waals surface area contributed by atoms with Crippen LogP contribution in [0.4, 0.5) is 0 Å². The van der Waals surface area contributed by atoms with Gasteiger partial charge in [-0.25, -0.2) is 26.9 Å².